The van der Waals surface area contributed by atoms with Gasteiger partial charge in [-0.05, 0) is 21.0 Å². The molecule has 94 valence electrons. The van der Waals surface area contributed by atoms with Crippen molar-refractivity contribution >= 4 is 0 Å². The third-order valence-electron chi connectivity index (χ3n) is 2.08. The molecule has 0 spiro atoms. The Morgan fingerprint density at radius 3 is 2.20 bits per heavy atom. The Morgan fingerprint density at radius 1 is 1.27 bits per heavy atom. The molecule has 1 atom stereocenters. The van der Waals surface area contributed by atoms with Gasteiger partial charge in [0.2, 0.25) is 0 Å². The van der Waals surface area contributed by atoms with E-state index in [4.69, 9.17) is 4.74 Å². The predicted octanol–water partition coefficient (Wildman–Crippen LogP) is 1.98. The third-order valence-corrected chi connectivity index (χ3v) is 2.08. The minimum Gasteiger partial charge on any atom is -0.371 e. The van der Waals surface area contributed by atoms with Crippen molar-refractivity contribution < 1.29 is 4.74 Å². The van der Waals surface area contributed by atoms with E-state index < -0.39 is 0 Å². The van der Waals surface area contributed by atoms with Crippen molar-refractivity contribution in [2.24, 2.45) is 0 Å². The highest BCUT2D eigenvalue weighted by Gasteiger charge is 2.29. The van der Waals surface area contributed by atoms with E-state index in [1.807, 2.05) is 34.7 Å². The van der Waals surface area contributed by atoms with Gasteiger partial charge in [-0.15, -0.1) is 0 Å². The monoisotopic (exact) mass is 218 g/mol. The van der Waals surface area contributed by atoms with Gasteiger partial charge in [-0.25, -0.2) is 0 Å². The van der Waals surface area contributed by atoms with Gasteiger partial charge in [-0.2, -0.15) is 0 Å². The Morgan fingerprint density at radius 2 is 1.80 bits per heavy atom. The van der Waals surface area contributed by atoms with Crippen molar-refractivity contribution in [3.05, 3.63) is 0 Å². The van der Waals surface area contributed by atoms with Crippen LogP contribution in [-0.4, -0.2) is 50.8 Å². The van der Waals surface area contributed by atoms with Crippen LogP contribution in [-0.2, 0) is 4.74 Å². The van der Waals surface area contributed by atoms with E-state index in [0.717, 1.165) is 26.2 Å². The first-order valence-electron chi connectivity index (χ1n) is 6.13. The SMILES string of the molecule is CC.CC.CNCC1(C)CN(C)CCO1. The Labute approximate surface area is 96.2 Å². The fourth-order valence-electron chi connectivity index (χ4n) is 1.62. The zero-order valence-electron chi connectivity index (χ0n) is 11.7. The molecule has 1 saturated heterocycles. The van der Waals surface area contributed by atoms with Gasteiger partial charge in [0.1, 0.15) is 0 Å². The minimum atomic E-state index is 0.0156. The summed E-state index contributed by atoms with van der Waals surface area (Å²) in [5.74, 6) is 0. The molecule has 1 fully saturated rings. The fourth-order valence-corrected chi connectivity index (χ4v) is 1.62. The van der Waals surface area contributed by atoms with Crippen LogP contribution >= 0.6 is 0 Å². The lowest BCUT2D eigenvalue weighted by Gasteiger charge is -2.38. The van der Waals surface area contributed by atoms with Gasteiger partial charge in [-0.3, -0.25) is 0 Å². The van der Waals surface area contributed by atoms with Gasteiger partial charge < -0.3 is 15.0 Å². The van der Waals surface area contributed by atoms with Crippen molar-refractivity contribution in [1.82, 2.24) is 10.2 Å². The van der Waals surface area contributed by atoms with Crippen LogP contribution < -0.4 is 5.32 Å². The second-order valence-corrected chi connectivity index (χ2v) is 3.57. The Kier molecular flexibility index (Phi) is 12.0. The maximum absolute atomic E-state index is 5.67. The Hall–Kier alpha value is -0.120. The van der Waals surface area contributed by atoms with Crippen LogP contribution in [0.3, 0.4) is 0 Å². The number of hydrogen-bond donors (Lipinski definition) is 1. The van der Waals surface area contributed by atoms with E-state index in [9.17, 15) is 0 Å². The molecule has 1 aliphatic heterocycles. The lowest BCUT2D eigenvalue weighted by Crippen LogP contribution is -2.53. The minimum absolute atomic E-state index is 0.0156. The first-order chi connectivity index (χ1) is 7.16. The summed E-state index contributed by atoms with van der Waals surface area (Å²) in [7, 11) is 4.10. The summed E-state index contributed by atoms with van der Waals surface area (Å²) in [5, 5.41) is 3.15. The summed E-state index contributed by atoms with van der Waals surface area (Å²) in [6, 6.07) is 0. The highest BCUT2D eigenvalue weighted by atomic mass is 16.5. The first-order valence-corrected chi connectivity index (χ1v) is 6.13. The van der Waals surface area contributed by atoms with Crippen LogP contribution in [0.1, 0.15) is 34.6 Å². The molecule has 0 bridgehead atoms. The normalized spacial score (nSPS) is 25.8. The lowest BCUT2D eigenvalue weighted by molar-refractivity contribution is -0.0882. The van der Waals surface area contributed by atoms with Gasteiger partial charge in [-0.1, -0.05) is 27.7 Å². The van der Waals surface area contributed by atoms with E-state index in [1.165, 1.54) is 0 Å². The number of ether oxygens (including phenoxy) is 1. The Bertz CT molecular complexity index is 127. The van der Waals surface area contributed by atoms with Crippen LogP contribution in [0, 0.1) is 0 Å². The first kappa shape index (κ1) is 17.3. The van der Waals surface area contributed by atoms with Crippen molar-refractivity contribution in [2.45, 2.75) is 40.2 Å². The van der Waals surface area contributed by atoms with Crippen molar-refractivity contribution in [2.75, 3.05) is 40.3 Å². The van der Waals surface area contributed by atoms with E-state index in [2.05, 4.69) is 24.2 Å². The van der Waals surface area contributed by atoms with Crippen LogP contribution in [0.25, 0.3) is 0 Å². The molecule has 1 unspecified atom stereocenters. The molecule has 0 aromatic heterocycles. The number of nitrogens with zero attached hydrogens (tertiary/aromatic N) is 1. The molecule has 3 heteroatoms. The van der Waals surface area contributed by atoms with Gasteiger partial charge >= 0.3 is 0 Å². The summed E-state index contributed by atoms with van der Waals surface area (Å²) in [5.41, 5.74) is 0.0156. The van der Waals surface area contributed by atoms with Crippen LogP contribution in [0.4, 0.5) is 0 Å². The molecule has 0 amide bonds. The number of hydrogen-bond acceptors (Lipinski definition) is 3. The number of nitrogens with one attached hydrogen (secondary N) is 1. The van der Waals surface area contributed by atoms with Crippen LogP contribution in [0.15, 0.2) is 0 Å². The molecule has 0 aromatic rings. The maximum atomic E-state index is 5.67. The standard InChI is InChI=1S/C8H18N2O.2C2H6/c1-8(6-9-2)7-10(3)4-5-11-8;2*1-2/h9H,4-7H2,1-3H3;2*1-2H3. The zero-order valence-corrected chi connectivity index (χ0v) is 11.7. The van der Waals surface area contributed by atoms with Crippen LogP contribution in [0.5, 0.6) is 0 Å². The summed E-state index contributed by atoms with van der Waals surface area (Å²) in [4.78, 5) is 2.31. The number of morpholine rings is 1. The van der Waals surface area contributed by atoms with Crippen molar-refractivity contribution in [3.63, 3.8) is 0 Å². The third kappa shape index (κ3) is 7.77. The lowest BCUT2D eigenvalue weighted by atomic mass is 10.1. The second kappa shape index (κ2) is 10.4. The molecule has 1 heterocycles. The van der Waals surface area contributed by atoms with E-state index in [1.54, 1.807) is 0 Å². The van der Waals surface area contributed by atoms with Gasteiger partial charge in [0.15, 0.2) is 0 Å². The van der Waals surface area contributed by atoms with Crippen molar-refractivity contribution in [1.29, 1.82) is 0 Å². The number of likely N-dealkylation sites (N-methyl/N-ethyl adjacent to an activating group) is 2. The average molecular weight is 218 g/mol. The number of rotatable bonds is 2. The largest absolute Gasteiger partial charge is 0.371 e. The van der Waals surface area contributed by atoms with Crippen LogP contribution in [0.2, 0.25) is 0 Å². The molecule has 1 rings (SSSR count). The topological polar surface area (TPSA) is 24.5 Å². The van der Waals surface area contributed by atoms with Crippen molar-refractivity contribution in [3.8, 4) is 0 Å². The molecule has 3 nitrogen and oxygen atoms in total. The average Bonchev–Trinajstić information content (AvgIpc) is 2.23. The molecule has 0 radical (unpaired) electrons. The van der Waals surface area contributed by atoms with Gasteiger partial charge in [0.25, 0.3) is 0 Å². The molecule has 1 N–H and O–H groups in total. The molecule has 0 aromatic carbocycles. The molecule has 1 aliphatic rings. The summed E-state index contributed by atoms with van der Waals surface area (Å²) in [6.45, 7) is 14.0. The Balaban J connectivity index is 0. The molecule has 0 saturated carbocycles. The smallest absolute Gasteiger partial charge is 0.0904 e. The highest BCUT2D eigenvalue weighted by Crippen LogP contribution is 2.14. The zero-order chi connectivity index (χ0) is 12.3. The maximum Gasteiger partial charge on any atom is 0.0904 e. The van der Waals surface area contributed by atoms with E-state index >= 15 is 0 Å². The summed E-state index contributed by atoms with van der Waals surface area (Å²) < 4.78 is 5.67. The highest BCUT2D eigenvalue weighted by molar-refractivity contribution is 4.83. The molecule has 15 heavy (non-hydrogen) atoms. The summed E-state index contributed by atoms with van der Waals surface area (Å²) >= 11 is 0. The fraction of sp³-hybridized carbons (Fsp3) is 1.00. The quantitative estimate of drug-likeness (QED) is 0.767. The van der Waals surface area contributed by atoms with E-state index in [0.29, 0.717) is 0 Å². The second-order valence-electron chi connectivity index (χ2n) is 3.57. The molecular formula is C12H30N2O. The van der Waals surface area contributed by atoms with Gasteiger partial charge in [0, 0.05) is 19.6 Å². The predicted molar refractivity (Wildman–Crippen MR) is 68.5 cm³/mol. The summed E-state index contributed by atoms with van der Waals surface area (Å²) in [6.07, 6.45) is 0. The molecular weight excluding hydrogens is 188 g/mol. The van der Waals surface area contributed by atoms with E-state index in [-0.39, 0.29) is 5.60 Å². The molecule has 0 aliphatic carbocycles. The van der Waals surface area contributed by atoms with Gasteiger partial charge in [0.05, 0.1) is 12.2 Å².